The predicted molar refractivity (Wildman–Crippen MR) is 130 cm³/mol. The average Bonchev–Trinajstić information content (AvgIpc) is 2.83. The van der Waals surface area contributed by atoms with Gasteiger partial charge in [-0.05, 0) is 54.1 Å². The Balaban J connectivity index is 1.74. The molecule has 0 saturated heterocycles. The second kappa shape index (κ2) is 11.5. The molecule has 5 N–H and O–H groups in total. The van der Waals surface area contributed by atoms with Crippen LogP contribution >= 0.6 is 11.8 Å². The monoisotopic (exact) mass is 475 g/mol. The van der Waals surface area contributed by atoms with Crippen molar-refractivity contribution < 1.29 is 24.3 Å². The molecule has 9 heteroatoms. The van der Waals surface area contributed by atoms with Crippen molar-refractivity contribution in [3.8, 4) is 0 Å². The summed E-state index contributed by atoms with van der Waals surface area (Å²) >= 11 is 1.33. The number of anilines is 2. The van der Waals surface area contributed by atoms with Gasteiger partial charge in [-0.15, -0.1) is 11.8 Å². The fraction of sp³-hybridized carbons (Fsp3) is 0.0400. The fourth-order valence-electron chi connectivity index (χ4n) is 2.91. The standard InChI is InChI=1S/C25H21N3O5S/c26-24(32)17-6-8-19(9-7-17)28-25(33)23(16-4-2-1-3-5-16)34-20-12-10-18(11-13-20)27-21(29)14-15-22(30)31/h1-15,23H,(H2,26,32)(H,27,29)(H,28,33)(H,30,31)/b15-14+. The Morgan fingerprint density at radius 2 is 1.38 bits per heavy atom. The Hall–Kier alpha value is -4.37. The summed E-state index contributed by atoms with van der Waals surface area (Å²) in [5.74, 6) is -2.57. The molecule has 1 unspecified atom stereocenters. The van der Waals surface area contributed by atoms with Gasteiger partial charge in [0.1, 0.15) is 5.25 Å². The molecule has 0 aliphatic heterocycles. The number of hydrogen-bond acceptors (Lipinski definition) is 5. The number of benzene rings is 3. The van der Waals surface area contributed by atoms with Gasteiger partial charge in [0, 0.05) is 34.0 Å². The average molecular weight is 476 g/mol. The van der Waals surface area contributed by atoms with Gasteiger partial charge in [-0.25, -0.2) is 4.79 Å². The lowest BCUT2D eigenvalue weighted by molar-refractivity contribution is -0.131. The maximum atomic E-state index is 13.1. The third kappa shape index (κ3) is 7.07. The minimum atomic E-state index is -1.21. The van der Waals surface area contributed by atoms with Crippen LogP contribution in [0.15, 0.2) is 95.9 Å². The Morgan fingerprint density at radius 1 is 0.794 bits per heavy atom. The van der Waals surface area contributed by atoms with Gasteiger partial charge in [-0.3, -0.25) is 14.4 Å². The van der Waals surface area contributed by atoms with Crippen molar-refractivity contribution >= 4 is 46.8 Å². The molecule has 0 aliphatic carbocycles. The lowest BCUT2D eigenvalue weighted by atomic mass is 10.1. The summed E-state index contributed by atoms with van der Waals surface area (Å²) in [5, 5.41) is 13.5. The quantitative estimate of drug-likeness (QED) is 0.274. The van der Waals surface area contributed by atoms with Gasteiger partial charge >= 0.3 is 5.97 Å². The van der Waals surface area contributed by atoms with E-state index in [0.29, 0.717) is 16.9 Å². The van der Waals surface area contributed by atoms with Crippen molar-refractivity contribution in [3.63, 3.8) is 0 Å². The Kier molecular flexibility index (Phi) is 8.20. The molecule has 3 rings (SSSR count). The first-order chi connectivity index (χ1) is 16.3. The molecule has 0 aliphatic rings. The number of carbonyl (C=O) groups is 4. The molecule has 34 heavy (non-hydrogen) atoms. The van der Waals surface area contributed by atoms with Crippen LogP contribution in [-0.4, -0.2) is 28.8 Å². The fourth-order valence-corrected chi connectivity index (χ4v) is 3.93. The molecule has 172 valence electrons. The van der Waals surface area contributed by atoms with Gasteiger partial charge in [-0.1, -0.05) is 30.3 Å². The van der Waals surface area contributed by atoms with Gasteiger partial charge < -0.3 is 21.5 Å². The van der Waals surface area contributed by atoms with Crippen LogP contribution in [0, 0.1) is 0 Å². The number of aliphatic carboxylic acids is 1. The molecule has 8 nitrogen and oxygen atoms in total. The maximum absolute atomic E-state index is 13.1. The molecule has 0 bridgehead atoms. The van der Waals surface area contributed by atoms with Gasteiger partial charge in [0.15, 0.2) is 0 Å². The summed E-state index contributed by atoms with van der Waals surface area (Å²) in [7, 11) is 0. The molecule has 0 spiro atoms. The molecule has 0 fully saturated rings. The summed E-state index contributed by atoms with van der Waals surface area (Å²) in [5.41, 5.74) is 7.42. The minimum absolute atomic E-state index is 0.251. The van der Waals surface area contributed by atoms with E-state index in [9.17, 15) is 19.2 Å². The smallest absolute Gasteiger partial charge is 0.328 e. The zero-order valence-corrected chi connectivity index (χ0v) is 18.6. The van der Waals surface area contributed by atoms with Crippen molar-refractivity contribution in [2.45, 2.75) is 10.1 Å². The number of hydrogen-bond donors (Lipinski definition) is 4. The summed E-state index contributed by atoms with van der Waals surface area (Å²) in [6.45, 7) is 0. The first-order valence-electron chi connectivity index (χ1n) is 10.1. The van der Waals surface area contributed by atoms with Crippen molar-refractivity contribution in [2.75, 3.05) is 10.6 Å². The number of amides is 3. The second-order valence-electron chi connectivity index (χ2n) is 7.02. The molecule has 0 saturated carbocycles. The van der Waals surface area contributed by atoms with E-state index in [1.54, 1.807) is 48.5 Å². The highest BCUT2D eigenvalue weighted by Crippen LogP contribution is 2.36. The predicted octanol–water partition coefficient (Wildman–Crippen LogP) is 3.84. The van der Waals surface area contributed by atoms with E-state index in [2.05, 4.69) is 10.6 Å². The van der Waals surface area contributed by atoms with E-state index in [-0.39, 0.29) is 5.91 Å². The third-order valence-corrected chi connectivity index (χ3v) is 5.80. The molecule has 1 atom stereocenters. The highest BCUT2D eigenvalue weighted by Gasteiger charge is 2.22. The van der Waals surface area contributed by atoms with Crippen LogP contribution in [-0.2, 0) is 14.4 Å². The molecule has 3 aromatic carbocycles. The Labute approximate surface area is 199 Å². The number of nitrogens with one attached hydrogen (secondary N) is 2. The molecule has 0 radical (unpaired) electrons. The lowest BCUT2D eigenvalue weighted by Crippen LogP contribution is -2.19. The number of thioether (sulfide) groups is 1. The summed E-state index contributed by atoms with van der Waals surface area (Å²) in [6, 6.07) is 22.4. The van der Waals surface area contributed by atoms with Crippen LogP contribution in [0.4, 0.5) is 11.4 Å². The summed E-state index contributed by atoms with van der Waals surface area (Å²) < 4.78 is 0. The maximum Gasteiger partial charge on any atom is 0.328 e. The number of primary amides is 1. The van der Waals surface area contributed by atoms with Crippen LogP contribution in [0.3, 0.4) is 0 Å². The number of nitrogens with two attached hydrogens (primary N) is 1. The van der Waals surface area contributed by atoms with Crippen LogP contribution in [0.1, 0.15) is 21.2 Å². The van der Waals surface area contributed by atoms with Crippen LogP contribution in [0.25, 0.3) is 0 Å². The largest absolute Gasteiger partial charge is 0.478 e. The topological polar surface area (TPSA) is 139 Å². The van der Waals surface area contributed by atoms with Crippen molar-refractivity contribution in [3.05, 3.63) is 102 Å². The number of carboxylic acid groups (broad SMARTS) is 1. The van der Waals surface area contributed by atoms with E-state index in [0.717, 1.165) is 22.6 Å². The van der Waals surface area contributed by atoms with E-state index < -0.39 is 23.0 Å². The SMILES string of the molecule is NC(=O)c1ccc(NC(=O)C(Sc2ccc(NC(=O)/C=C/C(=O)O)cc2)c2ccccc2)cc1. The van der Waals surface area contributed by atoms with Crippen molar-refractivity contribution in [2.24, 2.45) is 5.73 Å². The lowest BCUT2D eigenvalue weighted by Gasteiger charge is -2.17. The zero-order valence-electron chi connectivity index (χ0n) is 17.8. The highest BCUT2D eigenvalue weighted by atomic mass is 32.2. The van der Waals surface area contributed by atoms with Gasteiger partial charge in [0.25, 0.3) is 0 Å². The third-order valence-electron chi connectivity index (χ3n) is 4.53. The summed E-state index contributed by atoms with van der Waals surface area (Å²) in [4.78, 5) is 47.4. The van der Waals surface area contributed by atoms with Crippen LogP contribution in [0.2, 0.25) is 0 Å². The summed E-state index contributed by atoms with van der Waals surface area (Å²) in [6.07, 6.45) is 1.68. The molecular formula is C25H21N3O5S. The van der Waals surface area contributed by atoms with Crippen molar-refractivity contribution in [1.29, 1.82) is 0 Å². The Morgan fingerprint density at radius 3 is 1.97 bits per heavy atom. The Bertz CT molecular complexity index is 1210. The van der Waals surface area contributed by atoms with Gasteiger partial charge in [-0.2, -0.15) is 0 Å². The highest BCUT2D eigenvalue weighted by molar-refractivity contribution is 8.00. The molecule has 3 amide bonds. The number of rotatable bonds is 9. The van der Waals surface area contributed by atoms with E-state index in [4.69, 9.17) is 10.8 Å². The van der Waals surface area contributed by atoms with E-state index in [1.165, 1.54) is 11.8 Å². The molecule has 0 heterocycles. The first kappa shape index (κ1) is 24.3. The van der Waals surface area contributed by atoms with Gasteiger partial charge in [0.05, 0.1) is 0 Å². The van der Waals surface area contributed by atoms with E-state index in [1.807, 2.05) is 30.3 Å². The second-order valence-corrected chi connectivity index (χ2v) is 8.20. The first-order valence-corrected chi connectivity index (χ1v) is 10.9. The van der Waals surface area contributed by atoms with Gasteiger partial charge in [0.2, 0.25) is 17.7 Å². The molecular weight excluding hydrogens is 454 g/mol. The van der Waals surface area contributed by atoms with E-state index >= 15 is 0 Å². The number of carbonyl (C=O) groups excluding carboxylic acids is 3. The normalized spacial score (nSPS) is 11.5. The molecule has 3 aromatic rings. The van der Waals surface area contributed by atoms with Crippen LogP contribution in [0.5, 0.6) is 0 Å². The van der Waals surface area contributed by atoms with Crippen molar-refractivity contribution in [1.82, 2.24) is 0 Å². The zero-order chi connectivity index (χ0) is 24.5. The number of carboxylic acids is 1. The minimum Gasteiger partial charge on any atom is -0.478 e. The van der Waals surface area contributed by atoms with Crippen LogP contribution < -0.4 is 16.4 Å². The molecule has 0 aromatic heterocycles.